The Morgan fingerprint density at radius 3 is 2.57 bits per heavy atom. The Hall–Kier alpha value is -4.03. The summed E-state index contributed by atoms with van der Waals surface area (Å²) in [5, 5.41) is 5.74. The smallest absolute Gasteiger partial charge is 0.264 e. The van der Waals surface area contributed by atoms with Crippen molar-refractivity contribution in [1.82, 2.24) is 5.32 Å². The summed E-state index contributed by atoms with van der Waals surface area (Å²) in [6, 6.07) is 28.0. The first-order valence-electron chi connectivity index (χ1n) is 11.2. The van der Waals surface area contributed by atoms with E-state index < -0.39 is 0 Å². The van der Waals surface area contributed by atoms with Crippen molar-refractivity contribution in [2.24, 2.45) is 4.99 Å². The third-order valence-electron chi connectivity index (χ3n) is 5.66. The van der Waals surface area contributed by atoms with E-state index in [4.69, 9.17) is 9.47 Å². The number of hydrogen-bond donors (Lipinski definition) is 1. The number of ether oxygens (including phenoxy) is 2. The highest BCUT2D eigenvalue weighted by molar-refractivity contribution is 8.18. The Bertz CT molecular complexity index is 1450. The van der Waals surface area contributed by atoms with Gasteiger partial charge in [0, 0.05) is 0 Å². The molecule has 6 heteroatoms. The van der Waals surface area contributed by atoms with E-state index in [9.17, 15) is 4.79 Å². The second kappa shape index (κ2) is 10.1. The van der Waals surface area contributed by atoms with Gasteiger partial charge in [0.25, 0.3) is 5.91 Å². The number of fused-ring (bicyclic) bond motifs is 1. The molecule has 35 heavy (non-hydrogen) atoms. The molecule has 0 bridgehead atoms. The first-order chi connectivity index (χ1) is 17.1. The van der Waals surface area contributed by atoms with Crippen LogP contribution in [0.1, 0.15) is 16.7 Å². The van der Waals surface area contributed by atoms with Gasteiger partial charge in [0.2, 0.25) is 0 Å². The van der Waals surface area contributed by atoms with Gasteiger partial charge < -0.3 is 14.8 Å². The largest absolute Gasteiger partial charge is 0.493 e. The van der Waals surface area contributed by atoms with Crippen LogP contribution in [0, 0.1) is 6.92 Å². The summed E-state index contributed by atoms with van der Waals surface area (Å²) in [6.07, 6.45) is 1.83. The maximum atomic E-state index is 12.5. The van der Waals surface area contributed by atoms with Gasteiger partial charge in [-0.1, -0.05) is 66.2 Å². The summed E-state index contributed by atoms with van der Waals surface area (Å²) >= 11 is 1.32. The van der Waals surface area contributed by atoms with E-state index in [0.29, 0.717) is 28.2 Å². The molecule has 1 N–H and O–H groups in total. The molecular weight excluding hydrogens is 456 g/mol. The van der Waals surface area contributed by atoms with Crippen LogP contribution in [-0.2, 0) is 11.4 Å². The number of carbonyl (C=O) groups excluding carboxylic acids is 1. The van der Waals surface area contributed by atoms with Crippen molar-refractivity contribution in [2.45, 2.75) is 13.5 Å². The fraction of sp³-hybridized carbons (Fsp3) is 0.103. The van der Waals surface area contributed by atoms with Gasteiger partial charge in [0.05, 0.1) is 17.7 Å². The van der Waals surface area contributed by atoms with Crippen molar-refractivity contribution < 1.29 is 14.3 Å². The number of aliphatic imine (C=N–C) groups is 1. The lowest BCUT2D eigenvalue weighted by atomic mass is 10.1. The highest BCUT2D eigenvalue weighted by Gasteiger charge is 2.24. The topological polar surface area (TPSA) is 59.9 Å². The van der Waals surface area contributed by atoms with Gasteiger partial charge in [-0.25, -0.2) is 4.99 Å². The van der Waals surface area contributed by atoms with E-state index >= 15 is 0 Å². The van der Waals surface area contributed by atoms with Crippen LogP contribution in [0.5, 0.6) is 11.5 Å². The average Bonchev–Trinajstić information content (AvgIpc) is 3.22. The molecule has 1 heterocycles. The molecule has 0 spiro atoms. The third kappa shape index (κ3) is 5.23. The number of aryl methyl sites for hydroxylation is 1. The zero-order valence-corrected chi connectivity index (χ0v) is 20.3. The molecule has 0 radical (unpaired) electrons. The van der Waals surface area contributed by atoms with Gasteiger partial charge >= 0.3 is 0 Å². The molecule has 1 fully saturated rings. The number of benzene rings is 4. The molecule has 5 nitrogen and oxygen atoms in total. The van der Waals surface area contributed by atoms with Gasteiger partial charge in [0.15, 0.2) is 16.7 Å². The van der Waals surface area contributed by atoms with Crippen LogP contribution in [0.3, 0.4) is 0 Å². The van der Waals surface area contributed by atoms with Crippen molar-refractivity contribution in [3.05, 3.63) is 107 Å². The number of amidine groups is 1. The highest BCUT2D eigenvalue weighted by Crippen LogP contribution is 2.33. The summed E-state index contributed by atoms with van der Waals surface area (Å²) in [4.78, 5) is 17.6. The lowest BCUT2D eigenvalue weighted by Crippen LogP contribution is -2.19. The number of thioether (sulfide) groups is 1. The second-order valence-corrected chi connectivity index (χ2v) is 9.19. The molecule has 0 saturated carbocycles. The van der Waals surface area contributed by atoms with Gasteiger partial charge in [-0.2, -0.15) is 0 Å². The van der Waals surface area contributed by atoms with Crippen LogP contribution in [0.25, 0.3) is 16.8 Å². The lowest BCUT2D eigenvalue weighted by molar-refractivity contribution is -0.115. The average molecular weight is 481 g/mol. The van der Waals surface area contributed by atoms with E-state index in [0.717, 1.165) is 22.4 Å². The van der Waals surface area contributed by atoms with Crippen LogP contribution >= 0.6 is 11.8 Å². The van der Waals surface area contributed by atoms with Crippen molar-refractivity contribution in [1.29, 1.82) is 0 Å². The zero-order valence-electron chi connectivity index (χ0n) is 19.4. The van der Waals surface area contributed by atoms with Crippen LogP contribution in [0.2, 0.25) is 0 Å². The summed E-state index contributed by atoms with van der Waals surface area (Å²) in [5.41, 5.74) is 3.91. The Kier molecular flexibility index (Phi) is 6.55. The molecule has 0 aromatic heterocycles. The number of nitrogens with zero attached hydrogens (tertiary/aromatic N) is 1. The Morgan fingerprint density at radius 2 is 1.74 bits per heavy atom. The molecule has 4 aromatic rings. The first kappa shape index (κ1) is 22.7. The van der Waals surface area contributed by atoms with E-state index in [1.807, 2.05) is 73.7 Å². The molecule has 1 saturated heterocycles. The minimum atomic E-state index is -0.170. The highest BCUT2D eigenvalue weighted by atomic mass is 32.2. The maximum Gasteiger partial charge on any atom is 0.264 e. The van der Waals surface area contributed by atoms with E-state index in [1.54, 1.807) is 7.11 Å². The quantitative estimate of drug-likeness (QED) is 0.315. The van der Waals surface area contributed by atoms with Crippen LogP contribution in [0.4, 0.5) is 5.69 Å². The van der Waals surface area contributed by atoms with Gasteiger partial charge in [-0.05, 0) is 70.9 Å². The summed E-state index contributed by atoms with van der Waals surface area (Å²) in [5.74, 6) is 1.08. The molecule has 0 aliphatic carbocycles. The minimum Gasteiger partial charge on any atom is -0.493 e. The normalized spacial score (nSPS) is 15.5. The molecule has 174 valence electrons. The van der Waals surface area contributed by atoms with Crippen LogP contribution in [0.15, 0.2) is 94.8 Å². The molecule has 1 aliphatic rings. The number of amides is 1. The molecule has 4 aromatic carbocycles. The summed E-state index contributed by atoms with van der Waals surface area (Å²) in [6.45, 7) is 2.45. The molecular formula is C29H24N2O3S. The Morgan fingerprint density at radius 1 is 0.943 bits per heavy atom. The number of hydrogen-bond acceptors (Lipinski definition) is 5. The summed E-state index contributed by atoms with van der Waals surface area (Å²) < 4.78 is 11.7. The monoisotopic (exact) mass is 480 g/mol. The van der Waals surface area contributed by atoms with Crippen molar-refractivity contribution >= 4 is 45.4 Å². The molecule has 0 atom stereocenters. The SMILES string of the molecule is COc1cc(C=C2SC(=Nc3ccc(C)cc3)NC2=O)ccc1OCc1cccc2ccccc12. The number of nitrogens with one attached hydrogen (secondary N) is 1. The molecule has 0 unspecified atom stereocenters. The van der Waals surface area contributed by atoms with Crippen molar-refractivity contribution in [3.8, 4) is 11.5 Å². The third-order valence-corrected chi connectivity index (χ3v) is 6.57. The molecule has 1 aliphatic heterocycles. The van der Waals surface area contributed by atoms with Crippen LogP contribution in [-0.4, -0.2) is 18.2 Å². The Labute approximate surface area is 208 Å². The fourth-order valence-corrected chi connectivity index (χ4v) is 4.68. The number of methoxy groups -OCH3 is 1. The van der Waals surface area contributed by atoms with Crippen LogP contribution < -0.4 is 14.8 Å². The predicted octanol–water partition coefficient (Wildman–Crippen LogP) is 6.63. The minimum absolute atomic E-state index is 0.170. The van der Waals surface area contributed by atoms with Crippen molar-refractivity contribution in [2.75, 3.05) is 7.11 Å². The number of carbonyl (C=O) groups is 1. The first-order valence-corrected chi connectivity index (χ1v) is 12.0. The summed E-state index contributed by atoms with van der Waals surface area (Å²) in [7, 11) is 1.61. The van der Waals surface area contributed by atoms with Gasteiger partial charge in [0.1, 0.15) is 6.61 Å². The van der Waals surface area contributed by atoms with Gasteiger partial charge in [-0.3, -0.25) is 4.79 Å². The zero-order chi connectivity index (χ0) is 24.2. The maximum absolute atomic E-state index is 12.5. The lowest BCUT2D eigenvalue weighted by Gasteiger charge is -2.13. The van der Waals surface area contributed by atoms with Gasteiger partial charge in [-0.15, -0.1) is 0 Å². The van der Waals surface area contributed by atoms with E-state index in [1.165, 1.54) is 22.5 Å². The molecule has 5 rings (SSSR count). The van der Waals surface area contributed by atoms with E-state index in [-0.39, 0.29) is 5.91 Å². The Balaban J connectivity index is 1.32. The molecule has 1 amide bonds. The fourth-order valence-electron chi connectivity index (χ4n) is 3.84. The number of rotatable bonds is 6. The van der Waals surface area contributed by atoms with Crippen molar-refractivity contribution in [3.63, 3.8) is 0 Å². The van der Waals surface area contributed by atoms with E-state index in [2.05, 4.69) is 34.6 Å². The second-order valence-electron chi connectivity index (χ2n) is 8.15. The standard InChI is InChI=1S/C29H24N2O3S/c1-19-10-13-23(14-11-19)30-29-31-28(32)27(35-29)17-20-12-15-25(26(16-20)33-2)34-18-22-8-5-7-21-6-3-4-9-24(21)22/h3-17H,18H2,1-2H3,(H,30,31,32). The predicted molar refractivity (Wildman–Crippen MR) is 143 cm³/mol.